The van der Waals surface area contributed by atoms with Gasteiger partial charge in [-0.3, -0.25) is 19.7 Å². The molecule has 0 aliphatic carbocycles. The minimum absolute atomic E-state index is 0.192. The number of urea groups is 1. The van der Waals surface area contributed by atoms with E-state index in [-0.39, 0.29) is 19.6 Å². The zero-order valence-electron chi connectivity index (χ0n) is 9.30. The maximum atomic E-state index is 11.8. The molecule has 2 N–H and O–H groups in total. The number of carbonyl (C=O) groups excluding carboxylic acids is 3. The first-order chi connectivity index (χ1) is 7.93. The van der Waals surface area contributed by atoms with Crippen LogP contribution in [0.5, 0.6) is 0 Å². The molecule has 0 unspecified atom stereocenters. The van der Waals surface area contributed by atoms with Crippen LogP contribution in [0.1, 0.15) is 6.92 Å². The molecule has 8 nitrogen and oxygen atoms in total. The molecule has 0 aromatic carbocycles. The van der Waals surface area contributed by atoms with Crippen molar-refractivity contribution in [3.8, 4) is 0 Å². The van der Waals surface area contributed by atoms with Crippen LogP contribution in [0.3, 0.4) is 0 Å². The second-order valence-corrected chi connectivity index (χ2v) is 3.52. The Labute approximate surface area is 97.2 Å². The van der Waals surface area contributed by atoms with E-state index in [4.69, 9.17) is 5.11 Å². The molecule has 4 amide bonds. The Kier molecular flexibility index (Phi) is 4.02. The second kappa shape index (κ2) is 5.28. The van der Waals surface area contributed by atoms with Crippen molar-refractivity contribution in [3.05, 3.63) is 0 Å². The molecule has 0 saturated carbocycles. The third-order valence-corrected chi connectivity index (χ3v) is 2.20. The molecule has 1 aliphatic heterocycles. The van der Waals surface area contributed by atoms with Crippen molar-refractivity contribution in [2.45, 2.75) is 6.92 Å². The maximum Gasteiger partial charge on any atom is 0.323 e. The molecular formula is C9H13N3O5. The number of carboxylic acids is 1. The van der Waals surface area contributed by atoms with Crippen molar-refractivity contribution < 1.29 is 24.3 Å². The maximum absolute atomic E-state index is 11.8. The van der Waals surface area contributed by atoms with E-state index >= 15 is 0 Å². The Morgan fingerprint density at radius 2 is 1.88 bits per heavy atom. The SMILES string of the molecule is CCN(CC(=O)O)C(=O)N1CC(=O)NC(=O)C1. The highest BCUT2D eigenvalue weighted by Gasteiger charge is 2.29. The van der Waals surface area contributed by atoms with Gasteiger partial charge in [0.25, 0.3) is 0 Å². The lowest BCUT2D eigenvalue weighted by molar-refractivity contribution is -0.137. The summed E-state index contributed by atoms with van der Waals surface area (Å²) in [6.07, 6.45) is 0. The molecule has 0 radical (unpaired) electrons. The van der Waals surface area contributed by atoms with Gasteiger partial charge in [0.05, 0.1) is 0 Å². The molecule has 1 heterocycles. The molecule has 0 atom stereocenters. The van der Waals surface area contributed by atoms with Crippen LogP contribution >= 0.6 is 0 Å². The number of carbonyl (C=O) groups is 4. The van der Waals surface area contributed by atoms with E-state index in [0.717, 1.165) is 9.80 Å². The number of nitrogens with zero attached hydrogens (tertiary/aromatic N) is 2. The summed E-state index contributed by atoms with van der Waals surface area (Å²) in [4.78, 5) is 46.5. The van der Waals surface area contributed by atoms with Crippen LogP contribution < -0.4 is 5.32 Å². The van der Waals surface area contributed by atoms with Gasteiger partial charge in [0.2, 0.25) is 11.8 Å². The first-order valence-corrected chi connectivity index (χ1v) is 5.02. The Balaban J connectivity index is 2.69. The molecule has 1 aliphatic rings. The van der Waals surface area contributed by atoms with Crippen molar-refractivity contribution in [2.24, 2.45) is 0 Å². The zero-order valence-corrected chi connectivity index (χ0v) is 9.30. The third kappa shape index (κ3) is 3.44. The highest BCUT2D eigenvalue weighted by atomic mass is 16.4. The molecule has 0 spiro atoms. The Morgan fingerprint density at radius 3 is 2.29 bits per heavy atom. The first kappa shape index (κ1) is 12.9. The average molecular weight is 243 g/mol. The highest BCUT2D eigenvalue weighted by molar-refractivity contribution is 6.02. The summed E-state index contributed by atoms with van der Waals surface area (Å²) >= 11 is 0. The van der Waals surface area contributed by atoms with Crippen molar-refractivity contribution >= 4 is 23.8 Å². The lowest BCUT2D eigenvalue weighted by Crippen LogP contribution is -2.57. The van der Waals surface area contributed by atoms with Crippen LogP contribution in [0.15, 0.2) is 0 Å². The average Bonchev–Trinajstić information content (AvgIpc) is 2.23. The molecule has 0 aromatic heterocycles. The fourth-order valence-corrected chi connectivity index (χ4v) is 1.45. The number of nitrogens with one attached hydrogen (secondary N) is 1. The molecule has 0 aromatic rings. The van der Waals surface area contributed by atoms with Gasteiger partial charge in [0.15, 0.2) is 0 Å². The number of likely N-dealkylation sites (N-methyl/N-ethyl adjacent to an activating group) is 1. The van der Waals surface area contributed by atoms with Crippen LogP contribution in [-0.2, 0) is 14.4 Å². The van der Waals surface area contributed by atoms with E-state index in [2.05, 4.69) is 5.32 Å². The quantitative estimate of drug-likeness (QED) is 0.585. The van der Waals surface area contributed by atoms with Crippen molar-refractivity contribution in [3.63, 3.8) is 0 Å². The molecule has 1 saturated heterocycles. The van der Waals surface area contributed by atoms with E-state index in [1.807, 2.05) is 0 Å². The molecule has 0 bridgehead atoms. The summed E-state index contributed by atoms with van der Waals surface area (Å²) in [6, 6.07) is -0.627. The highest BCUT2D eigenvalue weighted by Crippen LogP contribution is 2.02. The van der Waals surface area contributed by atoms with E-state index in [9.17, 15) is 19.2 Å². The number of aliphatic carboxylic acids is 1. The number of rotatable bonds is 3. The number of hydrogen-bond acceptors (Lipinski definition) is 4. The second-order valence-electron chi connectivity index (χ2n) is 3.52. The van der Waals surface area contributed by atoms with Gasteiger partial charge in [0, 0.05) is 6.54 Å². The predicted octanol–water partition coefficient (Wildman–Crippen LogP) is -1.53. The standard InChI is InChI=1S/C9H13N3O5/c1-2-11(5-8(15)16)9(17)12-3-6(13)10-7(14)4-12/h2-5H2,1H3,(H,15,16)(H,10,13,14). The Morgan fingerprint density at radius 1 is 1.35 bits per heavy atom. The Bertz CT molecular complexity index is 352. The fourth-order valence-electron chi connectivity index (χ4n) is 1.45. The number of piperazine rings is 1. The number of hydrogen-bond donors (Lipinski definition) is 2. The first-order valence-electron chi connectivity index (χ1n) is 5.02. The lowest BCUT2D eigenvalue weighted by atomic mass is 10.3. The molecular weight excluding hydrogens is 230 g/mol. The number of imide groups is 1. The molecule has 8 heteroatoms. The van der Waals surface area contributed by atoms with E-state index in [1.54, 1.807) is 6.92 Å². The topological polar surface area (TPSA) is 107 Å². The largest absolute Gasteiger partial charge is 0.480 e. The fraction of sp³-hybridized carbons (Fsp3) is 0.556. The van der Waals surface area contributed by atoms with Gasteiger partial charge in [-0.05, 0) is 6.92 Å². The molecule has 17 heavy (non-hydrogen) atoms. The van der Waals surface area contributed by atoms with Crippen LogP contribution in [0.4, 0.5) is 4.79 Å². The predicted molar refractivity (Wildman–Crippen MR) is 55.0 cm³/mol. The van der Waals surface area contributed by atoms with Crippen molar-refractivity contribution in [1.29, 1.82) is 0 Å². The van der Waals surface area contributed by atoms with Gasteiger partial charge < -0.3 is 14.9 Å². The van der Waals surface area contributed by atoms with Gasteiger partial charge in [-0.25, -0.2) is 4.79 Å². The van der Waals surface area contributed by atoms with E-state index in [1.165, 1.54) is 0 Å². The minimum Gasteiger partial charge on any atom is -0.480 e. The summed E-state index contributed by atoms with van der Waals surface area (Å²) in [5.74, 6) is -2.28. The van der Waals surface area contributed by atoms with Crippen molar-refractivity contribution in [1.82, 2.24) is 15.1 Å². The van der Waals surface area contributed by atoms with Crippen LogP contribution in [0, 0.1) is 0 Å². The lowest BCUT2D eigenvalue weighted by Gasteiger charge is -2.30. The van der Waals surface area contributed by atoms with Crippen LogP contribution in [-0.4, -0.2) is 64.9 Å². The summed E-state index contributed by atoms with van der Waals surface area (Å²) in [5, 5.41) is 10.7. The van der Waals surface area contributed by atoms with Gasteiger partial charge >= 0.3 is 12.0 Å². The molecule has 1 fully saturated rings. The smallest absolute Gasteiger partial charge is 0.323 e. The minimum atomic E-state index is -1.15. The number of amides is 4. The zero-order chi connectivity index (χ0) is 13.0. The van der Waals surface area contributed by atoms with Crippen LogP contribution in [0.25, 0.3) is 0 Å². The van der Waals surface area contributed by atoms with Gasteiger partial charge in [-0.2, -0.15) is 0 Å². The van der Waals surface area contributed by atoms with Crippen molar-refractivity contribution in [2.75, 3.05) is 26.2 Å². The van der Waals surface area contributed by atoms with E-state index < -0.39 is 30.4 Å². The third-order valence-electron chi connectivity index (χ3n) is 2.20. The van der Waals surface area contributed by atoms with Gasteiger partial charge in [-0.15, -0.1) is 0 Å². The van der Waals surface area contributed by atoms with Gasteiger partial charge in [0.1, 0.15) is 19.6 Å². The Hall–Kier alpha value is -2.12. The summed E-state index contributed by atoms with van der Waals surface area (Å²) < 4.78 is 0. The monoisotopic (exact) mass is 243 g/mol. The normalized spacial score (nSPS) is 15.5. The number of carboxylic acid groups (broad SMARTS) is 1. The molecule has 1 rings (SSSR count). The summed E-state index contributed by atoms with van der Waals surface area (Å²) in [6.45, 7) is 0.882. The van der Waals surface area contributed by atoms with Gasteiger partial charge in [-0.1, -0.05) is 0 Å². The van der Waals surface area contributed by atoms with Crippen LogP contribution in [0.2, 0.25) is 0 Å². The summed E-state index contributed by atoms with van der Waals surface area (Å²) in [7, 11) is 0. The summed E-state index contributed by atoms with van der Waals surface area (Å²) in [5.41, 5.74) is 0. The van der Waals surface area contributed by atoms with E-state index in [0.29, 0.717) is 0 Å². The molecule has 94 valence electrons.